The van der Waals surface area contributed by atoms with Gasteiger partial charge in [0.2, 0.25) is 0 Å². The van der Waals surface area contributed by atoms with E-state index < -0.39 is 0 Å². The van der Waals surface area contributed by atoms with Gasteiger partial charge in [0.25, 0.3) is 0 Å². The molecule has 0 aliphatic carbocycles. The van der Waals surface area contributed by atoms with E-state index in [0.29, 0.717) is 6.61 Å². The molecule has 0 saturated heterocycles. The molecule has 1 aromatic carbocycles. The molecule has 0 N–H and O–H groups in total. The van der Waals surface area contributed by atoms with Gasteiger partial charge in [-0.1, -0.05) is 109 Å². The molecule has 4 nitrogen and oxygen atoms in total. The van der Waals surface area contributed by atoms with E-state index in [2.05, 4.69) is 21.0 Å². The Bertz CT molecular complexity index is 681. The summed E-state index contributed by atoms with van der Waals surface area (Å²) in [5, 5.41) is 0. The standard InChI is InChI=1S/C32H56NO3/c1-5-6-7-8-9-10-11-12-13-14-15-16-17-18-19-20-27-33(2,3)28-29-36-32(34)26-23-30-21-24-31(35-4)25-22-30/h21-26H,5-20,27-29H2,1-4H3/q+1. The molecule has 0 aromatic heterocycles. The predicted molar refractivity (Wildman–Crippen MR) is 154 cm³/mol. The molecular weight excluding hydrogens is 446 g/mol. The third kappa shape index (κ3) is 18.5. The number of ether oxygens (including phenoxy) is 2. The summed E-state index contributed by atoms with van der Waals surface area (Å²) >= 11 is 0. The van der Waals surface area contributed by atoms with Gasteiger partial charge < -0.3 is 14.0 Å². The molecule has 0 aliphatic heterocycles. The van der Waals surface area contributed by atoms with Crippen molar-refractivity contribution < 1.29 is 18.8 Å². The first kappa shape index (κ1) is 32.2. The van der Waals surface area contributed by atoms with E-state index in [9.17, 15) is 4.79 Å². The zero-order chi connectivity index (χ0) is 26.3. The van der Waals surface area contributed by atoms with Gasteiger partial charge in [-0.15, -0.1) is 0 Å². The molecule has 4 heteroatoms. The first-order valence-corrected chi connectivity index (χ1v) is 14.8. The lowest BCUT2D eigenvalue weighted by atomic mass is 10.0. The van der Waals surface area contributed by atoms with Crippen molar-refractivity contribution in [3.05, 3.63) is 35.9 Å². The number of methoxy groups -OCH3 is 1. The molecule has 36 heavy (non-hydrogen) atoms. The average Bonchev–Trinajstić information content (AvgIpc) is 2.87. The molecule has 0 atom stereocenters. The van der Waals surface area contributed by atoms with Crippen molar-refractivity contribution in [2.24, 2.45) is 0 Å². The van der Waals surface area contributed by atoms with Crippen LogP contribution >= 0.6 is 0 Å². The quantitative estimate of drug-likeness (QED) is 0.0650. The molecule has 0 unspecified atom stereocenters. The summed E-state index contributed by atoms with van der Waals surface area (Å²) in [6, 6.07) is 7.59. The number of hydrogen-bond donors (Lipinski definition) is 0. The SMILES string of the molecule is CCCCCCCCCCCCCCCCCC[N+](C)(C)CCOC(=O)C=Cc1ccc(OC)cc1. The monoisotopic (exact) mass is 502 g/mol. The Labute approximate surface area is 223 Å². The van der Waals surface area contributed by atoms with E-state index in [0.717, 1.165) is 28.9 Å². The Morgan fingerprint density at radius 3 is 1.67 bits per heavy atom. The number of benzene rings is 1. The van der Waals surface area contributed by atoms with E-state index >= 15 is 0 Å². The molecule has 0 bridgehead atoms. The lowest BCUT2D eigenvalue weighted by molar-refractivity contribution is -0.890. The molecule has 0 fully saturated rings. The zero-order valence-corrected chi connectivity index (χ0v) is 24.1. The maximum atomic E-state index is 12.0. The molecule has 0 radical (unpaired) electrons. The maximum Gasteiger partial charge on any atom is 0.330 e. The summed E-state index contributed by atoms with van der Waals surface area (Å²) in [4.78, 5) is 12.0. The normalized spacial score (nSPS) is 11.8. The van der Waals surface area contributed by atoms with Crippen LogP contribution in [0.25, 0.3) is 6.08 Å². The second kappa shape index (κ2) is 21.3. The highest BCUT2D eigenvalue weighted by Gasteiger charge is 2.15. The van der Waals surface area contributed by atoms with Crippen molar-refractivity contribution in [3.63, 3.8) is 0 Å². The van der Waals surface area contributed by atoms with Gasteiger partial charge in [0.15, 0.2) is 0 Å². The van der Waals surface area contributed by atoms with Crippen molar-refractivity contribution in [1.29, 1.82) is 0 Å². The van der Waals surface area contributed by atoms with Gasteiger partial charge in [-0.2, -0.15) is 0 Å². The van der Waals surface area contributed by atoms with E-state index in [-0.39, 0.29) is 5.97 Å². The topological polar surface area (TPSA) is 35.5 Å². The Morgan fingerprint density at radius 1 is 0.722 bits per heavy atom. The molecule has 0 heterocycles. The molecule has 0 aliphatic rings. The van der Waals surface area contributed by atoms with E-state index in [1.165, 1.54) is 109 Å². The van der Waals surface area contributed by atoms with Gasteiger partial charge in [0, 0.05) is 6.08 Å². The minimum Gasteiger partial charge on any atom is -0.497 e. The van der Waals surface area contributed by atoms with E-state index in [4.69, 9.17) is 9.47 Å². The lowest BCUT2D eigenvalue weighted by Gasteiger charge is -2.29. The predicted octanol–water partition coefficient (Wildman–Crippen LogP) is 8.59. The first-order valence-electron chi connectivity index (χ1n) is 14.8. The molecule has 1 aromatic rings. The van der Waals surface area contributed by atoms with Crippen LogP contribution in [0.2, 0.25) is 0 Å². The third-order valence-electron chi connectivity index (χ3n) is 7.09. The van der Waals surface area contributed by atoms with Crippen LogP contribution in [-0.4, -0.2) is 51.4 Å². The van der Waals surface area contributed by atoms with Crippen LogP contribution in [0.15, 0.2) is 30.3 Å². The van der Waals surface area contributed by atoms with E-state index in [1.54, 1.807) is 13.2 Å². The van der Waals surface area contributed by atoms with Crippen LogP contribution in [-0.2, 0) is 9.53 Å². The average molecular weight is 503 g/mol. The summed E-state index contributed by atoms with van der Waals surface area (Å²) in [6.45, 7) is 4.73. The molecular formula is C32H56NO3+. The smallest absolute Gasteiger partial charge is 0.330 e. The fraction of sp³-hybridized carbons (Fsp3) is 0.719. The van der Waals surface area contributed by atoms with Crippen LogP contribution in [0.4, 0.5) is 0 Å². The maximum absolute atomic E-state index is 12.0. The molecule has 0 spiro atoms. The summed E-state index contributed by atoms with van der Waals surface area (Å²) in [7, 11) is 6.10. The summed E-state index contributed by atoms with van der Waals surface area (Å²) in [5.74, 6) is 0.521. The van der Waals surface area contributed by atoms with Crippen LogP contribution in [0.5, 0.6) is 5.75 Å². The summed E-state index contributed by atoms with van der Waals surface area (Å²) < 4.78 is 11.5. The van der Waals surface area contributed by atoms with Crippen LogP contribution in [0.1, 0.15) is 115 Å². The fourth-order valence-corrected chi connectivity index (χ4v) is 4.52. The van der Waals surface area contributed by atoms with Crippen LogP contribution in [0, 0.1) is 0 Å². The number of rotatable bonds is 23. The van der Waals surface area contributed by atoms with Gasteiger partial charge in [0.05, 0.1) is 27.7 Å². The summed E-state index contributed by atoms with van der Waals surface area (Å²) in [5.41, 5.74) is 0.951. The van der Waals surface area contributed by atoms with Gasteiger partial charge >= 0.3 is 5.97 Å². The number of carbonyl (C=O) groups is 1. The number of quaternary nitrogens is 1. The van der Waals surface area contributed by atoms with Crippen molar-refractivity contribution in [2.75, 3.05) is 40.9 Å². The number of likely N-dealkylation sites (N-methyl/N-ethyl adjacent to an activating group) is 1. The van der Waals surface area contributed by atoms with Crippen LogP contribution in [0.3, 0.4) is 0 Å². The number of hydrogen-bond acceptors (Lipinski definition) is 3. The van der Waals surface area contributed by atoms with Gasteiger partial charge in [-0.25, -0.2) is 4.79 Å². The second-order valence-electron chi connectivity index (χ2n) is 11.0. The second-order valence-corrected chi connectivity index (χ2v) is 11.0. The van der Waals surface area contributed by atoms with E-state index in [1.807, 2.05) is 24.3 Å². The first-order chi connectivity index (χ1) is 17.5. The van der Waals surface area contributed by atoms with Gasteiger partial charge in [-0.3, -0.25) is 0 Å². The minimum absolute atomic E-state index is 0.284. The molecule has 0 saturated carbocycles. The number of carbonyl (C=O) groups excluding carboxylic acids is 1. The number of esters is 1. The highest BCUT2D eigenvalue weighted by molar-refractivity contribution is 5.87. The fourth-order valence-electron chi connectivity index (χ4n) is 4.52. The third-order valence-corrected chi connectivity index (χ3v) is 7.09. The van der Waals surface area contributed by atoms with Gasteiger partial charge in [0.1, 0.15) is 18.9 Å². The summed E-state index contributed by atoms with van der Waals surface area (Å²) in [6.07, 6.45) is 25.7. The lowest BCUT2D eigenvalue weighted by Crippen LogP contribution is -2.43. The zero-order valence-electron chi connectivity index (χ0n) is 24.1. The Balaban J connectivity index is 1.94. The molecule has 206 valence electrons. The van der Waals surface area contributed by atoms with Crippen LogP contribution < -0.4 is 4.74 Å². The molecule has 1 rings (SSSR count). The van der Waals surface area contributed by atoms with Crippen molar-refractivity contribution in [3.8, 4) is 5.75 Å². The Morgan fingerprint density at radius 2 is 1.19 bits per heavy atom. The minimum atomic E-state index is -0.284. The highest BCUT2D eigenvalue weighted by atomic mass is 16.5. The Hall–Kier alpha value is -1.81. The number of unbranched alkanes of at least 4 members (excludes halogenated alkanes) is 15. The van der Waals surface area contributed by atoms with Crippen molar-refractivity contribution in [1.82, 2.24) is 0 Å². The highest BCUT2D eigenvalue weighted by Crippen LogP contribution is 2.15. The van der Waals surface area contributed by atoms with Crippen molar-refractivity contribution >= 4 is 12.0 Å². The largest absolute Gasteiger partial charge is 0.497 e. The number of nitrogens with zero attached hydrogens (tertiary/aromatic N) is 1. The van der Waals surface area contributed by atoms with Crippen molar-refractivity contribution in [2.45, 2.75) is 110 Å². The molecule has 0 amide bonds. The Kier molecular flexibility index (Phi) is 19.1. The van der Waals surface area contributed by atoms with Gasteiger partial charge in [-0.05, 0) is 36.6 Å².